The molecule has 0 bridgehead atoms. The van der Waals surface area contributed by atoms with Gasteiger partial charge in [0.25, 0.3) is 0 Å². The van der Waals surface area contributed by atoms with Crippen LogP contribution in [0.2, 0.25) is 0 Å². The zero-order valence-electron chi connectivity index (χ0n) is 8.35. The molecule has 0 fully saturated rings. The molecule has 0 amide bonds. The van der Waals surface area contributed by atoms with Gasteiger partial charge in [-0.15, -0.1) is 0 Å². The van der Waals surface area contributed by atoms with Gasteiger partial charge in [0, 0.05) is 10.0 Å². The monoisotopic (exact) mass is 407 g/mol. The molecule has 0 atom stereocenters. The Morgan fingerprint density at radius 2 is 1.88 bits per heavy atom. The van der Waals surface area contributed by atoms with E-state index in [1.807, 2.05) is 24.3 Å². The minimum atomic E-state index is 0.817. The number of rotatable bonds is 2. The van der Waals surface area contributed by atoms with Gasteiger partial charge in [-0.05, 0) is 56.1 Å². The van der Waals surface area contributed by atoms with Crippen molar-refractivity contribution in [3.05, 3.63) is 37.8 Å². The summed E-state index contributed by atoms with van der Waals surface area (Å²) in [7, 11) is 1.66. The molecular formula is C11H8Br3NO. The van der Waals surface area contributed by atoms with Crippen LogP contribution in [-0.2, 0) is 0 Å². The quantitative estimate of drug-likeness (QED) is 0.743. The fraction of sp³-hybridized carbons (Fsp3) is 0.0909. The summed E-state index contributed by atoms with van der Waals surface area (Å²) in [6.07, 6.45) is 0. The largest absolute Gasteiger partial charge is 0.495 e. The Morgan fingerprint density at radius 3 is 2.44 bits per heavy atom. The number of aromatic amines is 1. The topological polar surface area (TPSA) is 25.0 Å². The van der Waals surface area contributed by atoms with Gasteiger partial charge in [-0.25, -0.2) is 0 Å². The van der Waals surface area contributed by atoms with Crippen LogP contribution < -0.4 is 4.74 Å². The Balaban J connectivity index is 2.63. The molecule has 2 rings (SSSR count). The molecule has 1 N–H and O–H groups in total. The predicted octanol–water partition coefficient (Wildman–Crippen LogP) is 4.98. The lowest BCUT2D eigenvalue weighted by atomic mass is 10.1. The molecule has 2 nitrogen and oxygen atoms in total. The van der Waals surface area contributed by atoms with E-state index in [4.69, 9.17) is 4.74 Å². The molecule has 0 radical (unpaired) electrons. The zero-order valence-corrected chi connectivity index (χ0v) is 13.1. The van der Waals surface area contributed by atoms with E-state index in [-0.39, 0.29) is 0 Å². The summed E-state index contributed by atoms with van der Waals surface area (Å²) in [5, 5.41) is 0. The van der Waals surface area contributed by atoms with Crippen molar-refractivity contribution < 1.29 is 4.74 Å². The molecule has 0 aliphatic carbocycles. The first-order valence-corrected chi connectivity index (χ1v) is 6.87. The van der Waals surface area contributed by atoms with E-state index in [2.05, 4.69) is 52.8 Å². The maximum atomic E-state index is 5.39. The molecule has 0 saturated carbocycles. The van der Waals surface area contributed by atoms with Crippen molar-refractivity contribution in [3.8, 4) is 17.0 Å². The third-order valence-electron chi connectivity index (χ3n) is 2.15. The first-order valence-electron chi connectivity index (χ1n) is 4.49. The average molecular weight is 410 g/mol. The van der Waals surface area contributed by atoms with Gasteiger partial charge in [0.2, 0.25) is 0 Å². The molecule has 0 saturated heterocycles. The molecule has 0 aliphatic heterocycles. The minimum absolute atomic E-state index is 0.817. The number of methoxy groups -OCH3 is 1. The summed E-state index contributed by atoms with van der Waals surface area (Å²) < 4.78 is 8.26. The lowest BCUT2D eigenvalue weighted by Crippen LogP contribution is -1.90. The van der Waals surface area contributed by atoms with Crippen molar-refractivity contribution in [2.75, 3.05) is 7.11 Å². The highest BCUT2D eigenvalue weighted by molar-refractivity contribution is 9.11. The third kappa shape index (κ3) is 2.36. The molecule has 5 heteroatoms. The van der Waals surface area contributed by atoms with E-state index < -0.39 is 0 Å². The normalized spacial score (nSPS) is 10.5. The molecule has 0 aliphatic rings. The second kappa shape index (κ2) is 4.94. The average Bonchev–Trinajstić information content (AvgIpc) is 2.63. The number of halogens is 3. The molecule has 16 heavy (non-hydrogen) atoms. The van der Waals surface area contributed by atoms with E-state index in [0.29, 0.717) is 0 Å². The first-order chi connectivity index (χ1) is 7.61. The van der Waals surface area contributed by atoms with Crippen molar-refractivity contribution >= 4 is 47.8 Å². The third-order valence-corrected chi connectivity index (χ3v) is 3.66. The lowest BCUT2D eigenvalue weighted by molar-refractivity contribution is 0.413. The summed E-state index contributed by atoms with van der Waals surface area (Å²) in [6.45, 7) is 0. The van der Waals surface area contributed by atoms with Crippen LogP contribution in [0.4, 0.5) is 0 Å². The predicted molar refractivity (Wildman–Crippen MR) is 75.9 cm³/mol. The number of aromatic nitrogens is 1. The summed E-state index contributed by atoms with van der Waals surface area (Å²) in [4.78, 5) is 3.22. The van der Waals surface area contributed by atoms with Crippen LogP contribution in [-0.4, -0.2) is 12.1 Å². The number of H-pyrrole nitrogens is 1. The van der Waals surface area contributed by atoms with E-state index in [1.165, 1.54) is 0 Å². The molecule has 84 valence electrons. The Kier molecular flexibility index (Phi) is 3.77. The SMILES string of the molecule is COc1c(Br)cc(Br)cc1-c1ccc(Br)[nH]1. The highest BCUT2D eigenvalue weighted by Gasteiger charge is 2.12. The van der Waals surface area contributed by atoms with E-state index in [1.54, 1.807) is 7.11 Å². The molecule has 0 unspecified atom stereocenters. The highest BCUT2D eigenvalue weighted by atomic mass is 79.9. The molecule has 1 aromatic carbocycles. The smallest absolute Gasteiger partial charge is 0.142 e. The van der Waals surface area contributed by atoms with Crippen LogP contribution in [0.25, 0.3) is 11.3 Å². The lowest BCUT2D eigenvalue weighted by Gasteiger charge is -2.10. The fourth-order valence-electron chi connectivity index (χ4n) is 1.49. The zero-order chi connectivity index (χ0) is 11.7. The van der Waals surface area contributed by atoms with Crippen molar-refractivity contribution in [3.63, 3.8) is 0 Å². The standard InChI is InChI=1S/C11H8Br3NO/c1-16-11-7(4-6(12)5-8(11)13)9-2-3-10(14)15-9/h2-5,15H,1H3. The number of hydrogen-bond donors (Lipinski definition) is 1. The van der Waals surface area contributed by atoms with Gasteiger partial charge in [-0.2, -0.15) is 0 Å². The Labute approximate surface area is 119 Å². The maximum absolute atomic E-state index is 5.39. The molecule has 1 aromatic heterocycles. The van der Waals surface area contributed by atoms with Gasteiger partial charge < -0.3 is 9.72 Å². The highest BCUT2D eigenvalue weighted by Crippen LogP contribution is 2.38. The van der Waals surface area contributed by atoms with E-state index in [0.717, 1.165) is 30.6 Å². The van der Waals surface area contributed by atoms with Crippen molar-refractivity contribution in [2.45, 2.75) is 0 Å². The molecular weight excluding hydrogens is 402 g/mol. The van der Waals surface area contributed by atoms with Gasteiger partial charge in [-0.1, -0.05) is 15.9 Å². The fourth-order valence-corrected chi connectivity index (χ4v) is 3.23. The van der Waals surface area contributed by atoms with Crippen molar-refractivity contribution in [2.24, 2.45) is 0 Å². The summed E-state index contributed by atoms with van der Waals surface area (Å²) in [5.74, 6) is 0.817. The first kappa shape index (κ1) is 12.2. The van der Waals surface area contributed by atoms with E-state index in [9.17, 15) is 0 Å². The van der Waals surface area contributed by atoms with Gasteiger partial charge in [0.1, 0.15) is 5.75 Å². The van der Waals surface area contributed by atoms with Gasteiger partial charge in [0.15, 0.2) is 0 Å². The second-order valence-electron chi connectivity index (χ2n) is 3.19. The van der Waals surface area contributed by atoms with Crippen LogP contribution in [0.3, 0.4) is 0 Å². The molecule has 2 aromatic rings. The van der Waals surface area contributed by atoms with Crippen LogP contribution in [0.15, 0.2) is 37.8 Å². The summed E-state index contributed by atoms with van der Waals surface area (Å²) >= 11 is 10.3. The molecule has 1 heterocycles. The number of ether oxygens (including phenoxy) is 1. The molecule has 0 spiro atoms. The van der Waals surface area contributed by atoms with Gasteiger partial charge >= 0.3 is 0 Å². The number of nitrogens with one attached hydrogen (secondary N) is 1. The Morgan fingerprint density at radius 1 is 1.12 bits per heavy atom. The number of benzene rings is 1. The second-order valence-corrected chi connectivity index (χ2v) is 5.81. The minimum Gasteiger partial charge on any atom is -0.495 e. The van der Waals surface area contributed by atoms with Crippen molar-refractivity contribution in [1.29, 1.82) is 0 Å². The van der Waals surface area contributed by atoms with Gasteiger partial charge in [0.05, 0.1) is 21.9 Å². The summed E-state index contributed by atoms with van der Waals surface area (Å²) in [6, 6.07) is 7.94. The van der Waals surface area contributed by atoms with Crippen molar-refractivity contribution in [1.82, 2.24) is 4.98 Å². The maximum Gasteiger partial charge on any atom is 0.142 e. The van der Waals surface area contributed by atoms with Crippen LogP contribution in [0.1, 0.15) is 0 Å². The Hall–Kier alpha value is -0.260. The van der Waals surface area contributed by atoms with Gasteiger partial charge in [-0.3, -0.25) is 0 Å². The summed E-state index contributed by atoms with van der Waals surface area (Å²) in [5.41, 5.74) is 2.01. The van der Waals surface area contributed by atoms with Crippen LogP contribution in [0, 0.1) is 0 Å². The number of hydrogen-bond acceptors (Lipinski definition) is 1. The Bertz CT molecular complexity index is 522. The van der Waals surface area contributed by atoms with Crippen LogP contribution >= 0.6 is 47.8 Å². The van der Waals surface area contributed by atoms with Crippen LogP contribution in [0.5, 0.6) is 5.75 Å². The van der Waals surface area contributed by atoms with E-state index >= 15 is 0 Å².